The molecule has 2 aromatic carbocycles. The molecule has 0 saturated carbocycles. The molecule has 31 heavy (non-hydrogen) atoms. The van der Waals surface area contributed by atoms with Crippen LogP contribution < -0.4 is 16.0 Å². The highest BCUT2D eigenvalue weighted by molar-refractivity contribution is 7.16. The third-order valence-electron chi connectivity index (χ3n) is 5.05. The number of hydrogen-bond donors (Lipinski definition) is 1. The quantitative estimate of drug-likeness (QED) is 0.523. The molecule has 7 nitrogen and oxygen atoms in total. The lowest BCUT2D eigenvalue weighted by molar-refractivity contribution is 0.304. The fraction of sp³-hybridized carbons (Fsp3) is 0.130. The van der Waals surface area contributed by atoms with Gasteiger partial charge in [-0.3, -0.25) is 9.79 Å². The minimum absolute atomic E-state index is 0.248. The largest absolute Gasteiger partial charge is 0.486 e. The number of fused-ring (bicyclic) bond motifs is 2. The highest BCUT2D eigenvalue weighted by atomic mass is 32.1. The molecule has 0 unspecified atom stereocenters. The van der Waals surface area contributed by atoms with Crippen LogP contribution in [0, 0.1) is 6.92 Å². The van der Waals surface area contributed by atoms with E-state index in [9.17, 15) is 4.79 Å². The normalized spacial score (nSPS) is 14.1. The Morgan fingerprint density at radius 2 is 2.00 bits per heavy atom. The zero-order chi connectivity index (χ0) is 21.5. The maximum absolute atomic E-state index is 12.7. The molecule has 2 N–H and O–H groups in total. The first-order chi connectivity index (χ1) is 15.0. The van der Waals surface area contributed by atoms with Crippen molar-refractivity contribution in [3.63, 3.8) is 0 Å². The van der Waals surface area contributed by atoms with Crippen molar-refractivity contribution in [3.8, 4) is 5.75 Å². The van der Waals surface area contributed by atoms with E-state index in [2.05, 4.69) is 15.1 Å². The molecule has 2 aromatic heterocycles. The average Bonchev–Trinajstić information content (AvgIpc) is 3.30. The van der Waals surface area contributed by atoms with Gasteiger partial charge in [-0.1, -0.05) is 41.7 Å². The van der Waals surface area contributed by atoms with Crippen LogP contribution in [0.15, 0.2) is 58.3 Å². The van der Waals surface area contributed by atoms with E-state index in [0.29, 0.717) is 15.5 Å². The molecule has 0 aliphatic carbocycles. The molecule has 0 amide bonds. The monoisotopic (exact) mass is 429 g/mol. The summed E-state index contributed by atoms with van der Waals surface area (Å²) in [5.41, 5.74) is 10.9. The van der Waals surface area contributed by atoms with Crippen molar-refractivity contribution >= 4 is 45.2 Å². The Morgan fingerprint density at radius 1 is 1.16 bits per heavy atom. The number of nitrogens with zero attached hydrogens (tertiary/aromatic N) is 4. The number of aliphatic imine (C=N–C) groups is 1. The lowest BCUT2D eigenvalue weighted by Gasteiger charge is -2.05. The standard InChI is InChI=1S/C23H19N5O2S/c1-13-6-5-7-15(10-13)30-12-20-27-28-21(24)18(22(29)26-23(28)31-20)11-17-14(2)25-19-9-4-3-8-16(17)19/h3-11H,12,24H2,1-2H3/b17-11-. The van der Waals surface area contributed by atoms with Crippen LogP contribution in [-0.4, -0.2) is 20.3 Å². The van der Waals surface area contributed by atoms with Gasteiger partial charge in [-0.05, 0) is 43.7 Å². The van der Waals surface area contributed by atoms with Crippen molar-refractivity contribution in [3.05, 3.63) is 80.6 Å². The molecule has 0 radical (unpaired) electrons. The summed E-state index contributed by atoms with van der Waals surface area (Å²) in [5.74, 6) is 1.01. The van der Waals surface area contributed by atoms with Gasteiger partial charge in [0.25, 0.3) is 5.56 Å². The number of benzene rings is 2. The number of aryl methyl sites for hydroxylation is 1. The van der Waals surface area contributed by atoms with Crippen molar-refractivity contribution in [2.75, 3.05) is 5.73 Å². The molecule has 4 aromatic rings. The van der Waals surface area contributed by atoms with Gasteiger partial charge in [0.15, 0.2) is 5.01 Å². The maximum atomic E-state index is 12.7. The molecule has 0 bridgehead atoms. The van der Waals surface area contributed by atoms with Crippen LogP contribution in [0.2, 0.25) is 0 Å². The Morgan fingerprint density at radius 3 is 2.84 bits per heavy atom. The Hall–Kier alpha value is -3.78. The van der Waals surface area contributed by atoms with E-state index in [4.69, 9.17) is 10.5 Å². The third kappa shape index (κ3) is 3.51. The summed E-state index contributed by atoms with van der Waals surface area (Å²) in [6, 6.07) is 15.6. The molecule has 5 rings (SSSR count). The van der Waals surface area contributed by atoms with Crippen LogP contribution in [-0.2, 0) is 6.61 Å². The second-order valence-electron chi connectivity index (χ2n) is 7.28. The van der Waals surface area contributed by atoms with Crippen molar-refractivity contribution in [2.45, 2.75) is 20.5 Å². The summed E-state index contributed by atoms with van der Waals surface area (Å²) in [5, 5.41) is 5.19. The fourth-order valence-electron chi connectivity index (χ4n) is 3.53. The van der Waals surface area contributed by atoms with E-state index in [0.717, 1.165) is 33.8 Å². The predicted molar refractivity (Wildman–Crippen MR) is 124 cm³/mol. The fourth-order valence-corrected chi connectivity index (χ4v) is 4.33. The Bertz CT molecular complexity index is 1450. The topological polar surface area (TPSA) is 94.9 Å². The van der Waals surface area contributed by atoms with E-state index in [1.54, 1.807) is 6.08 Å². The average molecular weight is 430 g/mol. The Kier molecular flexibility index (Phi) is 4.63. The van der Waals surface area contributed by atoms with Crippen LogP contribution in [0.3, 0.4) is 0 Å². The number of hydrogen-bond acceptors (Lipinski definition) is 7. The number of rotatable bonds is 4. The van der Waals surface area contributed by atoms with Crippen molar-refractivity contribution in [1.82, 2.24) is 14.6 Å². The third-order valence-corrected chi connectivity index (χ3v) is 5.93. The number of para-hydroxylation sites is 1. The minimum Gasteiger partial charge on any atom is -0.486 e. The number of nitrogens with two attached hydrogens (primary N) is 1. The number of nitrogen functional groups attached to an aromatic ring is 1. The molecule has 0 spiro atoms. The van der Waals surface area contributed by atoms with Crippen molar-refractivity contribution in [1.29, 1.82) is 0 Å². The lowest BCUT2D eigenvalue weighted by Crippen LogP contribution is -2.17. The maximum Gasteiger partial charge on any atom is 0.283 e. The summed E-state index contributed by atoms with van der Waals surface area (Å²) >= 11 is 1.28. The van der Waals surface area contributed by atoms with Gasteiger partial charge in [-0.25, -0.2) is 0 Å². The van der Waals surface area contributed by atoms with Gasteiger partial charge in [0.1, 0.15) is 18.2 Å². The van der Waals surface area contributed by atoms with Gasteiger partial charge < -0.3 is 10.5 Å². The highest BCUT2D eigenvalue weighted by Crippen LogP contribution is 2.35. The first kappa shape index (κ1) is 19.2. The van der Waals surface area contributed by atoms with Crippen LogP contribution in [0.1, 0.15) is 28.6 Å². The zero-order valence-corrected chi connectivity index (χ0v) is 17.8. The number of ether oxygens (including phenoxy) is 1. The van der Waals surface area contributed by atoms with Gasteiger partial charge in [-0.2, -0.15) is 14.6 Å². The van der Waals surface area contributed by atoms with Crippen LogP contribution in [0.25, 0.3) is 16.6 Å². The smallest absolute Gasteiger partial charge is 0.283 e. The van der Waals surface area contributed by atoms with Gasteiger partial charge in [0, 0.05) is 16.8 Å². The molecule has 8 heteroatoms. The second kappa shape index (κ2) is 7.48. The molecule has 0 saturated heterocycles. The number of allylic oxidation sites excluding steroid dienone is 1. The summed E-state index contributed by atoms with van der Waals surface area (Å²) in [4.78, 5) is 21.9. The molecule has 1 aliphatic heterocycles. The summed E-state index contributed by atoms with van der Waals surface area (Å²) in [6.07, 6.45) is 1.75. The van der Waals surface area contributed by atoms with E-state index >= 15 is 0 Å². The second-order valence-corrected chi connectivity index (χ2v) is 8.32. The lowest BCUT2D eigenvalue weighted by atomic mass is 10.0. The SMILES string of the molecule is CC1=Nc2ccccc2/C1=C\c1c(N)n2nc(COc3cccc(C)c3)sc2nc1=O. The summed E-state index contributed by atoms with van der Waals surface area (Å²) in [6.45, 7) is 4.18. The van der Waals surface area contributed by atoms with Crippen molar-refractivity contribution < 1.29 is 4.74 Å². The van der Waals surface area contributed by atoms with Gasteiger partial charge in [0.05, 0.1) is 11.3 Å². The van der Waals surface area contributed by atoms with E-state index in [1.807, 2.05) is 62.4 Å². The summed E-state index contributed by atoms with van der Waals surface area (Å²) < 4.78 is 7.32. The van der Waals surface area contributed by atoms with E-state index in [-0.39, 0.29) is 12.4 Å². The predicted octanol–water partition coefficient (Wildman–Crippen LogP) is 4.27. The first-order valence-corrected chi connectivity index (χ1v) is 10.6. The van der Waals surface area contributed by atoms with Gasteiger partial charge in [-0.15, -0.1) is 0 Å². The van der Waals surface area contributed by atoms with Gasteiger partial charge >= 0.3 is 0 Å². The Labute approximate surface area is 182 Å². The van der Waals surface area contributed by atoms with Crippen molar-refractivity contribution in [2.24, 2.45) is 4.99 Å². The highest BCUT2D eigenvalue weighted by Gasteiger charge is 2.20. The van der Waals surface area contributed by atoms with Gasteiger partial charge in [0.2, 0.25) is 4.96 Å². The van der Waals surface area contributed by atoms with Crippen LogP contribution in [0.4, 0.5) is 11.5 Å². The number of anilines is 1. The minimum atomic E-state index is -0.392. The molecule has 154 valence electrons. The molecule has 0 fully saturated rings. The van der Waals surface area contributed by atoms with E-state index in [1.165, 1.54) is 15.9 Å². The molecular formula is C23H19N5O2S. The molecule has 1 aliphatic rings. The molecular weight excluding hydrogens is 410 g/mol. The number of aromatic nitrogens is 3. The van der Waals surface area contributed by atoms with Crippen LogP contribution >= 0.6 is 11.3 Å². The van der Waals surface area contributed by atoms with Crippen LogP contribution in [0.5, 0.6) is 5.75 Å². The summed E-state index contributed by atoms with van der Waals surface area (Å²) in [7, 11) is 0. The molecule has 0 atom stereocenters. The van der Waals surface area contributed by atoms with E-state index < -0.39 is 5.56 Å². The molecule has 3 heterocycles. The first-order valence-electron chi connectivity index (χ1n) is 9.74. The zero-order valence-electron chi connectivity index (χ0n) is 17.0. The Balaban J connectivity index is 1.51.